The van der Waals surface area contributed by atoms with Crippen molar-refractivity contribution in [3.8, 4) is 0 Å². The molecule has 0 radical (unpaired) electrons. The molecular weight excluding hydrogens is 163 g/mol. The number of hydrogen-bond acceptors (Lipinski definition) is 3. The molecule has 0 bridgehead atoms. The zero-order chi connectivity index (χ0) is 7.28. The third kappa shape index (κ3) is 7.88. The monoisotopic (exact) mass is 168 g/mol. The van der Waals surface area contributed by atoms with Crippen molar-refractivity contribution in [1.29, 1.82) is 10.8 Å². The SMILES string of the molecule is N=C(Cl)COCC(=N)Cl. The molecule has 0 aliphatic rings. The minimum atomic E-state index is -0.0899. The third-order valence-corrected chi connectivity index (χ3v) is 0.676. The van der Waals surface area contributed by atoms with Gasteiger partial charge in [-0.3, -0.25) is 10.8 Å². The van der Waals surface area contributed by atoms with Gasteiger partial charge in [-0.2, -0.15) is 0 Å². The Morgan fingerprint density at radius 1 is 1.11 bits per heavy atom. The molecule has 0 saturated heterocycles. The molecule has 0 heterocycles. The fourth-order valence-electron chi connectivity index (χ4n) is 0.230. The van der Waals surface area contributed by atoms with Gasteiger partial charge >= 0.3 is 0 Å². The van der Waals surface area contributed by atoms with E-state index in [4.69, 9.17) is 34.0 Å². The van der Waals surface area contributed by atoms with Crippen LogP contribution < -0.4 is 0 Å². The maximum atomic E-state index is 6.67. The summed E-state index contributed by atoms with van der Waals surface area (Å²) in [6.07, 6.45) is 0. The van der Waals surface area contributed by atoms with Crippen molar-refractivity contribution < 1.29 is 4.74 Å². The molecule has 0 saturated carbocycles. The molecule has 3 nitrogen and oxygen atoms in total. The third-order valence-electron chi connectivity index (χ3n) is 0.458. The average molecular weight is 169 g/mol. The number of nitrogens with one attached hydrogen (secondary N) is 2. The Hall–Kier alpha value is -0.120. The Bertz CT molecular complexity index is 112. The summed E-state index contributed by atoms with van der Waals surface area (Å²) in [4.78, 5) is 0. The van der Waals surface area contributed by atoms with Gasteiger partial charge < -0.3 is 4.74 Å². The summed E-state index contributed by atoms with van der Waals surface area (Å²) in [6.45, 7) is 0.0489. The van der Waals surface area contributed by atoms with Crippen molar-refractivity contribution in [2.24, 2.45) is 0 Å². The van der Waals surface area contributed by atoms with Gasteiger partial charge in [0.1, 0.15) is 10.3 Å². The van der Waals surface area contributed by atoms with Crippen LogP contribution in [0.2, 0.25) is 0 Å². The Balaban J connectivity index is 3.10. The Morgan fingerprint density at radius 2 is 1.44 bits per heavy atom. The molecule has 0 aromatic carbocycles. The van der Waals surface area contributed by atoms with Crippen LogP contribution in [0, 0.1) is 10.8 Å². The molecule has 0 unspecified atom stereocenters. The van der Waals surface area contributed by atoms with Gasteiger partial charge in [0, 0.05) is 0 Å². The second-order valence-corrected chi connectivity index (χ2v) is 2.22. The molecule has 52 valence electrons. The van der Waals surface area contributed by atoms with Gasteiger partial charge in [-0.05, 0) is 0 Å². The van der Waals surface area contributed by atoms with Gasteiger partial charge in [0.25, 0.3) is 0 Å². The van der Waals surface area contributed by atoms with Crippen LogP contribution in [0.1, 0.15) is 0 Å². The molecule has 9 heavy (non-hydrogen) atoms. The normalized spacial score (nSPS) is 9.11. The van der Waals surface area contributed by atoms with Gasteiger partial charge in [-0.15, -0.1) is 0 Å². The van der Waals surface area contributed by atoms with Crippen molar-refractivity contribution in [3.63, 3.8) is 0 Å². The second kappa shape index (κ2) is 4.73. The van der Waals surface area contributed by atoms with Gasteiger partial charge in [-0.25, -0.2) is 0 Å². The fraction of sp³-hybridized carbons (Fsp3) is 0.500. The molecule has 0 aromatic rings. The summed E-state index contributed by atoms with van der Waals surface area (Å²) >= 11 is 10.2. The van der Waals surface area contributed by atoms with Crippen molar-refractivity contribution in [2.45, 2.75) is 0 Å². The highest BCUT2D eigenvalue weighted by Crippen LogP contribution is 1.86. The Labute approximate surface area is 62.9 Å². The molecule has 2 N–H and O–H groups in total. The number of hydrogen-bond donors (Lipinski definition) is 2. The summed E-state index contributed by atoms with van der Waals surface area (Å²) in [5.41, 5.74) is 0. The van der Waals surface area contributed by atoms with E-state index in [9.17, 15) is 0 Å². The zero-order valence-electron chi connectivity index (χ0n) is 4.58. The Kier molecular flexibility index (Phi) is 4.67. The summed E-state index contributed by atoms with van der Waals surface area (Å²) < 4.78 is 4.64. The zero-order valence-corrected chi connectivity index (χ0v) is 6.09. The van der Waals surface area contributed by atoms with Crippen LogP contribution in [0.3, 0.4) is 0 Å². The fourth-order valence-corrected chi connectivity index (χ4v) is 0.385. The van der Waals surface area contributed by atoms with Crippen LogP contribution >= 0.6 is 23.2 Å². The van der Waals surface area contributed by atoms with E-state index in [-0.39, 0.29) is 23.6 Å². The standard InChI is InChI=1S/C4H6Cl2N2O/c5-3(7)1-9-2-4(6)8/h7-8H,1-2H2. The maximum Gasteiger partial charge on any atom is 0.123 e. The topological polar surface area (TPSA) is 56.9 Å². The second-order valence-electron chi connectivity index (χ2n) is 1.30. The van der Waals surface area contributed by atoms with E-state index in [1.807, 2.05) is 0 Å². The lowest BCUT2D eigenvalue weighted by Crippen LogP contribution is -2.06. The van der Waals surface area contributed by atoms with E-state index in [2.05, 4.69) is 4.74 Å². The predicted octanol–water partition coefficient (Wildman–Crippen LogP) is 1.44. The highest BCUT2D eigenvalue weighted by Gasteiger charge is 1.92. The molecule has 0 rings (SSSR count). The Morgan fingerprint density at radius 3 is 1.67 bits per heavy atom. The van der Waals surface area contributed by atoms with E-state index in [1.54, 1.807) is 0 Å². The number of ether oxygens (including phenoxy) is 1. The first kappa shape index (κ1) is 8.88. The molecule has 0 fully saturated rings. The van der Waals surface area contributed by atoms with E-state index in [0.29, 0.717) is 0 Å². The molecule has 0 spiro atoms. The first-order chi connectivity index (χ1) is 4.13. The van der Waals surface area contributed by atoms with Crippen molar-refractivity contribution in [1.82, 2.24) is 0 Å². The van der Waals surface area contributed by atoms with Crippen LogP contribution in [0.4, 0.5) is 0 Å². The van der Waals surface area contributed by atoms with Gasteiger partial charge in [-0.1, -0.05) is 23.2 Å². The van der Waals surface area contributed by atoms with Crippen molar-refractivity contribution >= 4 is 33.5 Å². The molecule has 0 aliphatic carbocycles. The van der Waals surface area contributed by atoms with Crippen LogP contribution in [0.25, 0.3) is 0 Å². The van der Waals surface area contributed by atoms with E-state index >= 15 is 0 Å². The first-order valence-corrected chi connectivity index (χ1v) is 2.92. The predicted molar refractivity (Wildman–Crippen MR) is 38.0 cm³/mol. The number of halogens is 2. The highest BCUT2D eigenvalue weighted by atomic mass is 35.5. The average Bonchev–Trinajstić information content (AvgIpc) is 1.63. The quantitative estimate of drug-likeness (QED) is 0.614. The lowest BCUT2D eigenvalue weighted by Gasteiger charge is -1.96. The summed E-state index contributed by atoms with van der Waals surface area (Å²) in [6, 6.07) is 0. The van der Waals surface area contributed by atoms with E-state index in [1.165, 1.54) is 0 Å². The van der Waals surface area contributed by atoms with E-state index in [0.717, 1.165) is 0 Å². The van der Waals surface area contributed by atoms with E-state index < -0.39 is 0 Å². The van der Waals surface area contributed by atoms with Crippen LogP contribution in [0.5, 0.6) is 0 Å². The molecule has 0 atom stereocenters. The molecular formula is C4H6Cl2N2O. The summed E-state index contributed by atoms with van der Waals surface area (Å²) in [7, 11) is 0. The van der Waals surface area contributed by atoms with Gasteiger partial charge in [0.05, 0.1) is 13.2 Å². The van der Waals surface area contributed by atoms with Crippen LogP contribution in [0.15, 0.2) is 0 Å². The lowest BCUT2D eigenvalue weighted by molar-refractivity contribution is 0.217. The molecule has 0 aliphatic heterocycles. The van der Waals surface area contributed by atoms with Gasteiger partial charge in [0.2, 0.25) is 0 Å². The molecule has 0 aromatic heterocycles. The number of rotatable bonds is 4. The van der Waals surface area contributed by atoms with Crippen LogP contribution in [-0.4, -0.2) is 23.6 Å². The van der Waals surface area contributed by atoms with Gasteiger partial charge in [0.15, 0.2) is 0 Å². The largest absolute Gasteiger partial charge is 0.367 e. The minimum Gasteiger partial charge on any atom is -0.367 e. The summed E-state index contributed by atoms with van der Waals surface area (Å²) in [5.74, 6) is 0. The van der Waals surface area contributed by atoms with Crippen LogP contribution in [-0.2, 0) is 4.74 Å². The van der Waals surface area contributed by atoms with Crippen molar-refractivity contribution in [3.05, 3.63) is 0 Å². The molecule has 0 amide bonds. The van der Waals surface area contributed by atoms with Crippen molar-refractivity contribution in [2.75, 3.05) is 13.2 Å². The smallest absolute Gasteiger partial charge is 0.123 e. The maximum absolute atomic E-state index is 6.67. The highest BCUT2D eigenvalue weighted by molar-refractivity contribution is 6.65. The first-order valence-electron chi connectivity index (χ1n) is 2.16. The summed E-state index contributed by atoms with van der Waals surface area (Å²) in [5, 5.41) is 13.2. The minimum absolute atomic E-state index is 0.0245. The molecule has 5 heteroatoms. The lowest BCUT2D eigenvalue weighted by atomic mass is 10.7.